The van der Waals surface area contributed by atoms with Crippen LogP contribution in [0.25, 0.3) is 5.69 Å². The number of thioether (sulfide) groups is 1. The number of aromatic nitrogens is 4. The Morgan fingerprint density at radius 2 is 1.81 bits per heavy atom. The number of nitrogens with zero attached hydrogens (tertiary/aromatic N) is 4. The maximum atomic E-state index is 12.1. The van der Waals surface area contributed by atoms with Crippen molar-refractivity contribution < 1.29 is 9.53 Å². The molecular formula is C19H21N5O2S. The first-order valence-corrected chi connectivity index (χ1v) is 9.58. The zero-order valence-corrected chi connectivity index (χ0v) is 16.1. The van der Waals surface area contributed by atoms with Crippen molar-refractivity contribution >= 4 is 17.7 Å². The molecule has 0 spiro atoms. The molecule has 0 aliphatic heterocycles. The zero-order valence-electron chi connectivity index (χ0n) is 15.3. The highest BCUT2D eigenvalue weighted by Gasteiger charge is 2.11. The number of aryl methyl sites for hydroxylation is 1. The number of benzene rings is 2. The van der Waals surface area contributed by atoms with Crippen molar-refractivity contribution in [3.63, 3.8) is 0 Å². The summed E-state index contributed by atoms with van der Waals surface area (Å²) in [7, 11) is 1.62. The topological polar surface area (TPSA) is 81.9 Å². The van der Waals surface area contributed by atoms with Crippen molar-refractivity contribution in [2.45, 2.75) is 25.0 Å². The van der Waals surface area contributed by atoms with E-state index in [0.29, 0.717) is 11.7 Å². The fraction of sp³-hybridized carbons (Fsp3) is 0.263. The van der Waals surface area contributed by atoms with E-state index in [4.69, 9.17) is 4.74 Å². The number of ether oxygens (including phenoxy) is 1. The van der Waals surface area contributed by atoms with Crippen molar-refractivity contribution in [2.24, 2.45) is 0 Å². The van der Waals surface area contributed by atoms with Gasteiger partial charge in [-0.25, -0.2) is 0 Å². The fourth-order valence-electron chi connectivity index (χ4n) is 2.43. The average molecular weight is 383 g/mol. The molecule has 140 valence electrons. The largest absolute Gasteiger partial charge is 0.497 e. The van der Waals surface area contributed by atoms with Gasteiger partial charge in [0.05, 0.1) is 18.6 Å². The minimum absolute atomic E-state index is 0.0771. The summed E-state index contributed by atoms with van der Waals surface area (Å²) in [6.45, 7) is 2.57. The van der Waals surface area contributed by atoms with E-state index in [1.807, 2.05) is 48.5 Å². The van der Waals surface area contributed by atoms with Gasteiger partial charge >= 0.3 is 0 Å². The van der Waals surface area contributed by atoms with Crippen LogP contribution in [0.5, 0.6) is 5.75 Å². The highest BCUT2D eigenvalue weighted by atomic mass is 32.2. The molecule has 1 amide bonds. The predicted octanol–water partition coefficient (Wildman–Crippen LogP) is 2.64. The van der Waals surface area contributed by atoms with Crippen LogP contribution in [0.3, 0.4) is 0 Å². The predicted molar refractivity (Wildman–Crippen MR) is 104 cm³/mol. The Bertz CT molecular complexity index is 878. The molecule has 0 aliphatic carbocycles. The van der Waals surface area contributed by atoms with Crippen molar-refractivity contribution in [1.82, 2.24) is 25.5 Å². The minimum Gasteiger partial charge on any atom is -0.497 e. The molecule has 1 N–H and O–H groups in total. The molecule has 0 saturated heterocycles. The number of carbonyl (C=O) groups is 1. The third kappa shape index (κ3) is 5.07. The lowest BCUT2D eigenvalue weighted by Crippen LogP contribution is -2.24. The second kappa shape index (κ2) is 9.18. The van der Waals surface area contributed by atoms with Crippen molar-refractivity contribution in [3.8, 4) is 11.4 Å². The number of tetrazole rings is 1. The molecule has 1 aromatic heterocycles. The molecule has 0 radical (unpaired) electrons. The van der Waals surface area contributed by atoms with E-state index in [-0.39, 0.29) is 11.7 Å². The minimum atomic E-state index is -0.0771. The molecule has 3 rings (SSSR count). The Balaban J connectivity index is 1.53. The van der Waals surface area contributed by atoms with E-state index in [0.717, 1.165) is 23.4 Å². The summed E-state index contributed by atoms with van der Waals surface area (Å²) in [6.07, 6.45) is 0.978. The Morgan fingerprint density at radius 1 is 1.11 bits per heavy atom. The van der Waals surface area contributed by atoms with E-state index < -0.39 is 0 Å². The lowest BCUT2D eigenvalue weighted by Gasteiger charge is -2.07. The molecule has 0 unspecified atom stereocenters. The van der Waals surface area contributed by atoms with Gasteiger partial charge in [0.2, 0.25) is 11.1 Å². The molecule has 0 aliphatic rings. The van der Waals surface area contributed by atoms with Crippen molar-refractivity contribution in [2.75, 3.05) is 12.9 Å². The molecular weight excluding hydrogens is 362 g/mol. The first-order valence-electron chi connectivity index (χ1n) is 8.59. The number of hydrogen-bond acceptors (Lipinski definition) is 6. The number of amides is 1. The summed E-state index contributed by atoms with van der Waals surface area (Å²) >= 11 is 1.30. The number of rotatable bonds is 8. The van der Waals surface area contributed by atoms with Gasteiger partial charge in [-0.1, -0.05) is 43.0 Å². The van der Waals surface area contributed by atoms with Gasteiger partial charge in [-0.2, -0.15) is 4.68 Å². The smallest absolute Gasteiger partial charge is 0.230 e. The van der Waals surface area contributed by atoms with Crippen LogP contribution in [0.4, 0.5) is 0 Å². The maximum Gasteiger partial charge on any atom is 0.230 e. The van der Waals surface area contributed by atoms with E-state index in [1.54, 1.807) is 11.8 Å². The molecule has 1 heterocycles. The van der Waals surface area contributed by atoms with Gasteiger partial charge in [0, 0.05) is 6.54 Å². The van der Waals surface area contributed by atoms with Gasteiger partial charge in [0.1, 0.15) is 5.75 Å². The molecule has 2 aromatic carbocycles. The number of hydrogen-bond donors (Lipinski definition) is 1. The van der Waals surface area contributed by atoms with Crippen molar-refractivity contribution in [3.05, 3.63) is 59.7 Å². The summed E-state index contributed by atoms with van der Waals surface area (Å²) in [6, 6.07) is 15.6. The standard InChI is InChI=1S/C19H21N5O2S/c1-3-14-4-8-16(9-5-14)24-19(21-22-23-24)27-13-18(25)20-12-15-6-10-17(26-2)11-7-15/h4-11H,3,12-13H2,1-2H3,(H,20,25). The van der Waals surface area contributed by atoms with Crippen LogP contribution in [-0.4, -0.2) is 39.0 Å². The first kappa shape index (κ1) is 18.9. The van der Waals surface area contributed by atoms with Crippen LogP contribution >= 0.6 is 11.8 Å². The van der Waals surface area contributed by atoms with Gasteiger partial charge in [-0.15, -0.1) is 5.10 Å². The lowest BCUT2D eigenvalue weighted by atomic mass is 10.1. The normalized spacial score (nSPS) is 10.6. The SMILES string of the molecule is CCc1ccc(-n2nnnc2SCC(=O)NCc2ccc(OC)cc2)cc1. The number of nitrogens with one attached hydrogen (secondary N) is 1. The Morgan fingerprint density at radius 3 is 2.48 bits per heavy atom. The summed E-state index contributed by atoms with van der Waals surface area (Å²) in [4.78, 5) is 12.1. The molecule has 3 aromatic rings. The average Bonchev–Trinajstić information content (AvgIpc) is 3.19. The Hall–Kier alpha value is -2.87. The monoisotopic (exact) mass is 383 g/mol. The molecule has 7 nitrogen and oxygen atoms in total. The van der Waals surface area contributed by atoms with Gasteiger partial charge in [0.25, 0.3) is 0 Å². The van der Waals surface area contributed by atoms with E-state index >= 15 is 0 Å². The van der Waals surface area contributed by atoms with E-state index in [1.165, 1.54) is 17.3 Å². The lowest BCUT2D eigenvalue weighted by molar-refractivity contribution is -0.118. The van der Waals surface area contributed by atoms with Gasteiger partial charge in [-0.05, 0) is 52.2 Å². The van der Waals surface area contributed by atoms with Crippen LogP contribution in [0, 0.1) is 0 Å². The quantitative estimate of drug-likeness (QED) is 0.602. The molecule has 0 saturated carbocycles. The molecule has 8 heteroatoms. The number of methoxy groups -OCH3 is 1. The van der Waals surface area contributed by atoms with Crippen LogP contribution in [0.2, 0.25) is 0 Å². The third-order valence-electron chi connectivity index (χ3n) is 4.01. The highest BCUT2D eigenvalue weighted by Crippen LogP contribution is 2.18. The summed E-state index contributed by atoms with van der Waals surface area (Å²) in [5, 5.41) is 15.2. The van der Waals surface area contributed by atoms with E-state index in [2.05, 4.69) is 27.8 Å². The fourth-order valence-corrected chi connectivity index (χ4v) is 3.15. The molecule has 0 bridgehead atoms. The summed E-state index contributed by atoms with van der Waals surface area (Å²) in [5.41, 5.74) is 3.13. The van der Waals surface area contributed by atoms with Gasteiger partial charge < -0.3 is 10.1 Å². The van der Waals surface area contributed by atoms with Gasteiger partial charge in [0.15, 0.2) is 0 Å². The third-order valence-corrected chi connectivity index (χ3v) is 4.93. The first-order chi connectivity index (χ1) is 13.2. The second-order valence-corrected chi connectivity index (χ2v) is 6.75. The maximum absolute atomic E-state index is 12.1. The van der Waals surface area contributed by atoms with Crippen LogP contribution in [0.15, 0.2) is 53.7 Å². The summed E-state index contributed by atoms with van der Waals surface area (Å²) < 4.78 is 6.76. The van der Waals surface area contributed by atoms with Crippen LogP contribution < -0.4 is 10.1 Å². The van der Waals surface area contributed by atoms with Gasteiger partial charge in [-0.3, -0.25) is 4.79 Å². The molecule has 0 atom stereocenters. The highest BCUT2D eigenvalue weighted by molar-refractivity contribution is 7.99. The number of carbonyl (C=O) groups excluding carboxylic acids is 1. The van der Waals surface area contributed by atoms with Crippen LogP contribution in [-0.2, 0) is 17.8 Å². The zero-order chi connectivity index (χ0) is 19.1. The Labute approximate surface area is 162 Å². The van der Waals surface area contributed by atoms with Crippen molar-refractivity contribution in [1.29, 1.82) is 0 Å². The van der Waals surface area contributed by atoms with E-state index in [9.17, 15) is 4.79 Å². The van der Waals surface area contributed by atoms with Crippen LogP contribution in [0.1, 0.15) is 18.1 Å². The summed E-state index contributed by atoms with van der Waals surface area (Å²) in [5.74, 6) is 0.954. The molecule has 0 fully saturated rings. The molecule has 27 heavy (non-hydrogen) atoms. The second-order valence-electron chi connectivity index (χ2n) is 5.81. The Kier molecular flexibility index (Phi) is 6.43.